The lowest BCUT2D eigenvalue weighted by atomic mass is 9.76. The molecule has 4 heterocycles. The van der Waals surface area contributed by atoms with Gasteiger partial charge in [-0.2, -0.15) is 0 Å². The number of fused-ring (bicyclic) bond motifs is 4. The number of rotatable bonds is 2. The molecule has 5 heteroatoms. The molecular weight excluding hydrogens is 302 g/mol. The SMILES string of the molecule is Cc1ccc(C)n1CC(=O)N1C[C@@H]2C[C@H](C1)C1CCCC(=O)N1C2. The van der Waals surface area contributed by atoms with Gasteiger partial charge in [-0.3, -0.25) is 9.59 Å². The fourth-order valence-electron chi connectivity index (χ4n) is 5.00. The molecule has 3 saturated heterocycles. The molecule has 3 aliphatic rings. The van der Waals surface area contributed by atoms with Gasteiger partial charge >= 0.3 is 0 Å². The molecule has 0 aromatic carbocycles. The van der Waals surface area contributed by atoms with E-state index in [1.165, 1.54) is 6.42 Å². The smallest absolute Gasteiger partial charge is 0.242 e. The lowest BCUT2D eigenvalue weighted by Gasteiger charge is -2.52. The third kappa shape index (κ3) is 2.64. The second-order valence-electron chi connectivity index (χ2n) is 7.87. The molecule has 4 rings (SSSR count). The number of carbonyl (C=O) groups excluding carboxylic acids is 2. The van der Waals surface area contributed by atoms with Crippen molar-refractivity contribution in [1.82, 2.24) is 14.4 Å². The van der Waals surface area contributed by atoms with E-state index < -0.39 is 0 Å². The van der Waals surface area contributed by atoms with Crippen LogP contribution < -0.4 is 0 Å². The van der Waals surface area contributed by atoms with Crippen molar-refractivity contribution in [2.45, 2.75) is 52.1 Å². The van der Waals surface area contributed by atoms with E-state index in [2.05, 4.69) is 40.3 Å². The third-order valence-corrected chi connectivity index (χ3v) is 6.24. The summed E-state index contributed by atoms with van der Waals surface area (Å²) in [5, 5.41) is 0. The predicted molar refractivity (Wildman–Crippen MR) is 91.4 cm³/mol. The highest BCUT2D eigenvalue weighted by molar-refractivity contribution is 5.78. The monoisotopic (exact) mass is 329 g/mol. The van der Waals surface area contributed by atoms with E-state index in [1.807, 2.05) is 0 Å². The van der Waals surface area contributed by atoms with Gasteiger partial charge in [0.2, 0.25) is 11.8 Å². The Morgan fingerprint density at radius 2 is 1.92 bits per heavy atom. The van der Waals surface area contributed by atoms with E-state index in [0.29, 0.717) is 36.8 Å². The number of hydrogen-bond acceptors (Lipinski definition) is 2. The average Bonchev–Trinajstić information content (AvgIpc) is 2.87. The quantitative estimate of drug-likeness (QED) is 0.833. The van der Waals surface area contributed by atoms with Crippen molar-refractivity contribution in [1.29, 1.82) is 0 Å². The van der Waals surface area contributed by atoms with Crippen LogP contribution in [0.15, 0.2) is 12.1 Å². The first kappa shape index (κ1) is 15.7. The van der Waals surface area contributed by atoms with Gasteiger partial charge in [0.05, 0.1) is 0 Å². The van der Waals surface area contributed by atoms with E-state index in [4.69, 9.17) is 0 Å². The second kappa shape index (κ2) is 5.94. The van der Waals surface area contributed by atoms with E-state index in [1.54, 1.807) is 0 Å². The Morgan fingerprint density at radius 1 is 1.17 bits per heavy atom. The number of carbonyl (C=O) groups is 2. The van der Waals surface area contributed by atoms with Crippen molar-refractivity contribution in [3.63, 3.8) is 0 Å². The topological polar surface area (TPSA) is 45.6 Å². The summed E-state index contributed by atoms with van der Waals surface area (Å²) in [7, 11) is 0. The molecule has 5 nitrogen and oxygen atoms in total. The molecule has 1 aromatic rings. The number of likely N-dealkylation sites (tertiary alicyclic amines) is 1. The van der Waals surface area contributed by atoms with E-state index in [0.717, 1.165) is 43.9 Å². The Hall–Kier alpha value is -1.78. The van der Waals surface area contributed by atoms with Gasteiger partial charge in [-0.05, 0) is 57.1 Å². The van der Waals surface area contributed by atoms with Gasteiger partial charge in [0.25, 0.3) is 0 Å². The lowest BCUT2D eigenvalue weighted by Crippen LogP contribution is -2.61. The molecule has 3 aliphatic heterocycles. The maximum atomic E-state index is 12.8. The number of nitrogens with zero attached hydrogens (tertiary/aromatic N) is 3. The van der Waals surface area contributed by atoms with E-state index in [-0.39, 0.29) is 5.91 Å². The number of amides is 2. The summed E-state index contributed by atoms with van der Waals surface area (Å²) in [5.41, 5.74) is 2.28. The largest absolute Gasteiger partial charge is 0.340 e. The molecule has 24 heavy (non-hydrogen) atoms. The average molecular weight is 329 g/mol. The summed E-state index contributed by atoms with van der Waals surface area (Å²) in [6, 6.07) is 4.51. The van der Waals surface area contributed by atoms with Crippen LogP contribution in [0.4, 0.5) is 0 Å². The maximum Gasteiger partial charge on any atom is 0.242 e. The number of piperidine rings is 3. The Morgan fingerprint density at radius 3 is 2.67 bits per heavy atom. The maximum absolute atomic E-state index is 12.8. The van der Waals surface area contributed by atoms with Crippen LogP contribution in [-0.4, -0.2) is 51.9 Å². The summed E-state index contributed by atoms with van der Waals surface area (Å²) in [4.78, 5) is 29.2. The fourth-order valence-corrected chi connectivity index (χ4v) is 5.00. The van der Waals surface area contributed by atoms with Crippen LogP contribution in [-0.2, 0) is 16.1 Å². The van der Waals surface area contributed by atoms with Crippen LogP contribution in [0.25, 0.3) is 0 Å². The predicted octanol–water partition coefficient (Wildman–Crippen LogP) is 1.96. The van der Waals surface area contributed by atoms with Crippen LogP contribution in [0.5, 0.6) is 0 Å². The van der Waals surface area contributed by atoms with Crippen molar-refractivity contribution < 1.29 is 9.59 Å². The minimum Gasteiger partial charge on any atom is -0.340 e. The molecule has 0 saturated carbocycles. The first-order chi connectivity index (χ1) is 11.5. The van der Waals surface area contributed by atoms with Crippen LogP contribution >= 0.6 is 0 Å². The molecule has 3 fully saturated rings. The summed E-state index contributed by atoms with van der Waals surface area (Å²) in [5.74, 6) is 1.48. The molecule has 3 atom stereocenters. The molecule has 2 bridgehead atoms. The lowest BCUT2D eigenvalue weighted by molar-refractivity contribution is -0.149. The van der Waals surface area contributed by atoms with Gasteiger partial charge in [0.1, 0.15) is 6.54 Å². The van der Waals surface area contributed by atoms with Crippen molar-refractivity contribution in [3.8, 4) is 0 Å². The van der Waals surface area contributed by atoms with Gasteiger partial charge in [-0.25, -0.2) is 0 Å². The van der Waals surface area contributed by atoms with Gasteiger partial charge in [0.15, 0.2) is 0 Å². The van der Waals surface area contributed by atoms with Gasteiger partial charge in [0, 0.05) is 43.5 Å². The molecule has 1 aromatic heterocycles. The summed E-state index contributed by atoms with van der Waals surface area (Å²) in [6.45, 7) is 7.03. The van der Waals surface area contributed by atoms with E-state index in [9.17, 15) is 9.59 Å². The summed E-state index contributed by atoms with van der Waals surface area (Å²) < 4.78 is 2.10. The Kier molecular flexibility index (Phi) is 3.89. The molecule has 0 N–H and O–H groups in total. The number of aryl methyl sites for hydroxylation is 2. The molecule has 1 unspecified atom stereocenters. The fraction of sp³-hybridized carbons (Fsp3) is 0.684. The second-order valence-corrected chi connectivity index (χ2v) is 7.87. The van der Waals surface area contributed by atoms with Gasteiger partial charge < -0.3 is 14.4 Å². The van der Waals surface area contributed by atoms with Crippen molar-refractivity contribution >= 4 is 11.8 Å². The van der Waals surface area contributed by atoms with Crippen LogP contribution in [0.3, 0.4) is 0 Å². The zero-order valence-electron chi connectivity index (χ0n) is 14.7. The molecule has 0 spiro atoms. The summed E-state index contributed by atoms with van der Waals surface area (Å²) >= 11 is 0. The van der Waals surface area contributed by atoms with Gasteiger partial charge in [-0.1, -0.05) is 0 Å². The number of aromatic nitrogens is 1. The Bertz CT molecular complexity index is 646. The number of hydrogen-bond donors (Lipinski definition) is 0. The standard InChI is InChI=1S/C19H27N3O2/c1-13-6-7-14(2)21(13)12-19(24)20-9-15-8-16(11-20)17-4-3-5-18(23)22(17)10-15/h6-7,15-17H,3-5,8-12H2,1-2H3/t15-,16+,17?/m0/s1. The zero-order valence-corrected chi connectivity index (χ0v) is 14.7. The molecule has 130 valence electrons. The molecule has 0 radical (unpaired) electrons. The van der Waals surface area contributed by atoms with Crippen LogP contribution in [0.2, 0.25) is 0 Å². The van der Waals surface area contributed by atoms with Gasteiger partial charge in [-0.15, -0.1) is 0 Å². The van der Waals surface area contributed by atoms with E-state index >= 15 is 0 Å². The Balaban J connectivity index is 1.47. The van der Waals surface area contributed by atoms with Crippen LogP contribution in [0.1, 0.15) is 37.1 Å². The van der Waals surface area contributed by atoms with Crippen molar-refractivity contribution in [3.05, 3.63) is 23.5 Å². The summed E-state index contributed by atoms with van der Waals surface area (Å²) in [6.07, 6.45) is 4.02. The van der Waals surface area contributed by atoms with Crippen molar-refractivity contribution in [2.24, 2.45) is 11.8 Å². The van der Waals surface area contributed by atoms with Crippen LogP contribution in [0, 0.1) is 25.7 Å². The minimum atomic E-state index is 0.225. The first-order valence-electron chi connectivity index (χ1n) is 9.23. The highest BCUT2D eigenvalue weighted by Crippen LogP contribution is 2.37. The highest BCUT2D eigenvalue weighted by Gasteiger charge is 2.44. The third-order valence-electron chi connectivity index (χ3n) is 6.24. The highest BCUT2D eigenvalue weighted by atomic mass is 16.2. The first-order valence-corrected chi connectivity index (χ1v) is 9.23. The van der Waals surface area contributed by atoms with Crippen molar-refractivity contribution in [2.75, 3.05) is 19.6 Å². The minimum absolute atomic E-state index is 0.225. The molecule has 2 amide bonds. The molecular formula is C19H27N3O2. The molecule has 0 aliphatic carbocycles. The Labute approximate surface area is 143 Å². The normalized spacial score (nSPS) is 29.6. The zero-order chi connectivity index (χ0) is 16.8.